The Hall–Kier alpha value is -1.40. The van der Waals surface area contributed by atoms with Crippen molar-refractivity contribution in [3.05, 3.63) is 24.0 Å². The minimum Gasteiger partial charge on any atom is -0.330 e. The maximum absolute atomic E-state index is 11.6. The fourth-order valence-corrected chi connectivity index (χ4v) is 3.45. The summed E-state index contributed by atoms with van der Waals surface area (Å²) in [5.74, 6) is 0.991. The van der Waals surface area contributed by atoms with E-state index in [2.05, 4.69) is 14.9 Å². The average Bonchev–Trinajstić information content (AvgIpc) is 2.76. The Labute approximate surface area is 118 Å². The van der Waals surface area contributed by atoms with E-state index in [4.69, 9.17) is 0 Å². The second-order valence-corrected chi connectivity index (χ2v) is 7.47. The number of aromatic nitrogens is 2. The molecule has 1 aliphatic rings. The molecule has 1 atom stereocenters. The van der Waals surface area contributed by atoms with Crippen LogP contribution in [-0.2, 0) is 16.9 Å². The smallest absolute Gasteiger partial charge is 0.175 e. The molecule has 0 saturated carbocycles. The van der Waals surface area contributed by atoms with E-state index in [1.807, 2.05) is 13.1 Å². The molecule has 0 radical (unpaired) electrons. The third-order valence-electron chi connectivity index (χ3n) is 3.94. The Kier molecular flexibility index (Phi) is 3.30. The fourth-order valence-electron chi connectivity index (χ4n) is 2.81. The van der Waals surface area contributed by atoms with E-state index in [0.29, 0.717) is 4.90 Å². The van der Waals surface area contributed by atoms with Crippen molar-refractivity contribution in [3.8, 4) is 0 Å². The van der Waals surface area contributed by atoms with Gasteiger partial charge in [0.1, 0.15) is 5.82 Å². The van der Waals surface area contributed by atoms with Crippen LogP contribution >= 0.6 is 0 Å². The molecule has 1 aliphatic heterocycles. The Balaban J connectivity index is 2.09. The Morgan fingerprint density at radius 3 is 2.80 bits per heavy atom. The molecular weight excluding hydrogens is 274 g/mol. The summed E-state index contributed by atoms with van der Waals surface area (Å²) in [6, 6.07) is 5.42. The van der Waals surface area contributed by atoms with Crippen LogP contribution in [0.25, 0.3) is 11.0 Å². The van der Waals surface area contributed by atoms with Gasteiger partial charge in [0.25, 0.3) is 0 Å². The Bertz CT molecular complexity index is 743. The number of nitrogens with one attached hydrogen (secondary N) is 1. The van der Waals surface area contributed by atoms with Gasteiger partial charge < -0.3 is 9.88 Å². The van der Waals surface area contributed by atoms with Crippen LogP contribution in [0.15, 0.2) is 23.1 Å². The largest absolute Gasteiger partial charge is 0.330 e. The van der Waals surface area contributed by atoms with Crippen molar-refractivity contribution in [2.24, 2.45) is 7.05 Å². The van der Waals surface area contributed by atoms with Crippen LogP contribution in [0.2, 0.25) is 0 Å². The number of aryl methyl sites for hydroxylation is 1. The molecule has 1 saturated heterocycles. The highest BCUT2D eigenvalue weighted by atomic mass is 32.2. The first-order valence-corrected chi connectivity index (χ1v) is 8.76. The van der Waals surface area contributed by atoms with Gasteiger partial charge in [-0.2, -0.15) is 0 Å². The van der Waals surface area contributed by atoms with E-state index in [9.17, 15) is 8.42 Å². The molecular formula is C14H19N3O2S. The Morgan fingerprint density at radius 1 is 1.35 bits per heavy atom. The predicted molar refractivity (Wildman–Crippen MR) is 78.4 cm³/mol. The average molecular weight is 293 g/mol. The van der Waals surface area contributed by atoms with Crippen LogP contribution in [-0.4, -0.2) is 30.8 Å². The molecule has 0 spiro atoms. The second-order valence-electron chi connectivity index (χ2n) is 5.45. The molecule has 1 N–H and O–H groups in total. The third-order valence-corrected chi connectivity index (χ3v) is 5.05. The standard InChI is InChI=1S/C14H19N3O2S/c1-17-13-7-6-10(20(2,18)19)9-12(13)16-14(17)11-5-3-4-8-15-11/h6-7,9,11,15H,3-5,8H2,1-2H3. The fraction of sp³-hybridized carbons (Fsp3) is 0.500. The van der Waals surface area contributed by atoms with E-state index >= 15 is 0 Å². The van der Waals surface area contributed by atoms with Gasteiger partial charge in [0.2, 0.25) is 0 Å². The zero-order valence-corrected chi connectivity index (χ0v) is 12.6. The van der Waals surface area contributed by atoms with Gasteiger partial charge in [-0.25, -0.2) is 13.4 Å². The molecule has 20 heavy (non-hydrogen) atoms. The van der Waals surface area contributed by atoms with E-state index in [0.717, 1.165) is 29.8 Å². The summed E-state index contributed by atoms with van der Waals surface area (Å²) in [5, 5.41) is 3.48. The van der Waals surface area contributed by atoms with Crippen LogP contribution in [0, 0.1) is 0 Å². The first-order chi connectivity index (χ1) is 9.47. The normalized spacial score (nSPS) is 20.4. The topological polar surface area (TPSA) is 64.0 Å². The van der Waals surface area contributed by atoms with E-state index in [1.165, 1.54) is 19.1 Å². The predicted octanol–water partition coefficient (Wildman–Crippen LogP) is 1.79. The van der Waals surface area contributed by atoms with Gasteiger partial charge >= 0.3 is 0 Å². The van der Waals surface area contributed by atoms with E-state index in [-0.39, 0.29) is 6.04 Å². The number of fused-ring (bicyclic) bond motifs is 1. The number of rotatable bonds is 2. The summed E-state index contributed by atoms with van der Waals surface area (Å²) in [4.78, 5) is 4.97. The molecule has 2 heterocycles. The lowest BCUT2D eigenvalue weighted by molar-refractivity contribution is 0.392. The molecule has 0 bridgehead atoms. The number of benzene rings is 1. The molecule has 1 aromatic heterocycles. The van der Waals surface area contributed by atoms with Crippen molar-refractivity contribution < 1.29 is 8.42 Å². The SMILES string of the molecule is Cn1c(C2CCCCN2)nc2cc(S(C)(=O)=O)ccc21. The molecule has 0 amide bonds. The van der Waals surface area contributed by atoms with Crippen LogP contribution in [0.4, 0.5) is 0 Å². The number of sulfone groups is 1. The van der Waals surface area contributed by atoms with Crippen LogP contribution in [0.1, 0.15) is 31.1 Å². The minimum atomic E-state index is -3.19. The molecule has 5 nitrogen and oxygen atoms in total. The monoisotopic (exact) mass is 293 g/mol. The lowest BCUT2D eigenvalue weighted by atomic mass is 10.0. The summed E-state index contributed by atoms with van der Waals surface area (Å²) >= 11 is 0. The van der Waals surface area contributed by atoms with Crippen molar-refractivity contribution in [3.63, 3.8) is 0 Å². The lowest BCUT2D eigenvalue weighted by Gasteiger charge is -2.22. The van der Waals surface area contributed by atoms with Gasteiger partial charge in [0.05, 0.1) is 22.0 Å². The van der Waals surface area contributed by atoms with Crippen LogP contribution in [0.3, 0.4) is 0 Å². The summed E-state index contributed by atoms with van der Waals surface area (Å²) in [6.45, 7) is 1.02. The first kappa shape index (κ1) is 13.6. The molecule has 1 fully saturated rings. The molecule has 3 rings (SSSR count). The minimum absolute atomic E-state index is 0.267. The van der Waals surface area contributed by atoms with Crippen molar-refractivity contribution in [2.45, 2.75) is 30.2 Å². The summed E-state index contributed by atoms with van der Waals surface area (Å²) in [7, 11) is -1.20. The third kappa shape index (κ3) is 2.33. The van der Waals surface area contributed by atoms with Crippen LogP contribution < -0.4 is 5.32 Å². The maximum Gasteiger partial charge on any atom is 0.175 e. The maximum atomic E-state index is 11.6. The summed E-state index contributed by atoms with van der Waals surface area (Å²) in [6.07, 6.45) is 4.71. The second kappa shape index (κ2) is 4.86. The first-order valence-electron chi connectivity index (χ1n) is 6.86. The number of hydrogen-bond donors (Lipinski definition) is 1. The van der Waals surface area contributed by atoms with E-state index < -0.39 is 9.84 Å². The van der Waals surface area contributed by atoms with Crippen molar-refractivity contribution in [1.29, 1.82) is 0 Å². The summed E-state index contributed by atoms with van der Waals surface area (Å²) in [5.41, 5.74) is 1.72. The van der Waals surface area contributed by atoms with Crippen molar-refractivity contribution >= 4 is 20.9 Å². The lowest BCUT2D eigenvalue weighted by Crippen LogP contribution is -2.28. The van der Waals surface area contributed by atoms with Gasteiger partial charge in [0.15, 0.2) is 9.84 Å². The number of imidazole rings is 1. The summed E-state index contributed by atoms with van der Waals surface area (Å²) < 4.78 is 25.3. The van der Waals surface area contributed by atoms with Gasteiger partial charge in [-0.05, 0) is 37.6 Å². The molecule has 0 aliphatic carbocycles. The quantitative estimate of drug-likeness (QED) is 0.917. The zero-order chi connectivity index (χ0) is 14.3. The van der Waals surface area contributed by atoms with E-state index in [1.54, 1.807) is 12.1 Å². The molecule has 6 heteroatoms. The van der Waals surface area contributed by atoms with Gasteiger partial charge in [-0.15, -0.1) is 0 Å². The highest BCUT2D eigenvalue weighted by Gasteiger charge is 2.21. The molecule has 1 aromatic carbocycles. The zero-order valence-electron chi connectivity index (χ0n) is 11.8. The number of piperidine rings is 1. The number of hydrogen-bond acceptors (Lipinski definition) is 4. The van der Waals surface area contributed by atoms with Gasteiger partial charge in [-0.1, -0.05) is 6.42 Å². The van der Waals surface area contributed by atoms with Crippen LogP contribution in [0.5, 0.6) is 0 Å². The highest BCUT2D eigenvalue weighted by molar-refractivity contribution is 7.90. The number of nitrogens with zero attached hydrogens (tertiary/aromatic N) is 2. The molecule has 1 unspecified atom stereocenters. The van der Waals surface area contributed by atoms with Gasteiger partial charge in [0, 0.05) is 13.3 Å². The Morgan fingerprint density at radius 2 is 2.15 bits per heavy atom. The van der Waals surface area contributed by atoms with Gasteiger partial charge in [-0.3, -0.25) is 0 Å². The highest BCUT2D eigenvalue weighted by Crippen LogP contribution is 2.26. The molecule has 2 aromatic rings. The van der Waals surface area contributed by atoms with Crippen molar-refractivity contribution in [2.75, 3.05) is 12.8 Å². The van der Waals surface area contributed by atoms with Crippen molar-refractivity contribution in [1.82, 2.24) is 14.9 Å². The molecule has 108 valence electrons.